The number of carbonyl (C=O) groups is 1. The molecular weight excluding hydrogens is 408 g/mol. The third-order valence-electron chi connectivity index (χ3n) is 5.62. The summed E-state index contributed by atoms with van der Waals surface area (Å²) in [4.78, 5) is 17.3. The van der Waals surface area contributed by atoms with Crippen molar-refractivity contribution in [3.05, 3.63) is 65.4 Å². The molecule has 3 heterocycles. The molecular formula is C24H24N4O2S. The molecule has 0 aliphatic carbocycles. The highest BCUT2D eigenvalue weighted by atomic mass is 32.1. The summed E-state index contributed by atoms with van der Waals surface area (Å²) in [6, 6.07) is 16.1. The van der Waals surface area contributed by atoms with E-state index < -0.39 is 0 Å². The first-order valence-corrected chi connectivity index (χ1v) is 11.4. The van der Waals surface area contributed by atoms with Gasteiger partial charge in [-0.05, 0) is 43.2 Å². The highest BCUT2D eigenvalue weighted by Gasteiger charge is 2.33. The number of aromatic nitrogens is 3. The Hall–Kier alpha value is -3.19. The molecule has 158 valence electrons. The molecule has 1 aliphatic rings. The van der Waals surface area contributed by atoms with Crippen LogP contribution < -0.4 is 10.1 Å². The lowest BCUT2D eigenvalue weighted by atomic mass is 9.86. The molecule has 0 saturated carbocycles. The lowest BCUT2D eigenvalue weighted by Gasteiger charge is -2.24. The molecule has 7 heteroatoms. The van der Waals surface area contributed by atoms with E-state index in [2.05, 4.69) is 24.4 Å². The van der Waals surface area contributed by atoms with Gasteiger partial charge in [0.15, 0.2) is 0 Å². The molecule has 1 atom stereocenters. The van der Waals surface area contributed by atoms with Gasteiger partial charge in [0.05, 0.1) is 22.5 Å². The van der Waals surface area contributed by atoms with Crippen LogP contribution in [0.15, 0.2) is 48.5 Å². The number of nitrogens with zero attached hydrogens (tertiary/aromatic N) is 3. The quantitative estimate of drug-likeness (QED) is 0.412. The molecule has 4 aromatic rings. The van der Waals surface area contributed by atoms with Crippen LogP contribution in [0.4, 0.5) is 5.82 Å². The molecule has 1 aliphatic heterocycles. The molecule has 0 saturated heterocycles. The Morgan fingerprint density at radius 3 is 2.77 bits per heavy atom. The molecule has 5 rings (SSSR count). The zero-order valence-corrected chi connectivity index (χ0v) is 18.4. The number of para-hydroxylation sites is 1. The molecule has 1 unspecified atom stereocenters. The van der Waals surface area contributed by atoms with E-state index in [9.17, 15) is 4.79 Å². The molecule has 2 aromatic heterocycles. The summed E-state index contributed by atoms with van der Waals surface area (Å²) in [5, 5.41) is 8.56. The highest BCUT2D eigenvalue weighted by molar-refractivity contribution is 7.20. The Balaban J connectivity index is 1.51. The van der Waals surface area contributed by atoms with Crippen molar-refractivity contribution >= 4 is 33.3 Å². The number of rotatable bonds is 6. The van der Waals surface area contributed by atoms with Crippen molar-refractivity contribution < 1.29 is 9.53 Å². The van der Waals surface area contributed by atoms with Crippen molar-refractivity contribution in [1.82, 2.24) is 14.8 Å². The number of carbonyl (C=O) groups excluding carboxylic acids is 1. The van der Waals surface area contributed by atoms with Gasteiger partial charge in [-0.15, -0.1) is 0 Å². The molecule has 0 bridgehead atoms. The van der Waals surface area contributed by atoms with E-state index in [-0.39, 0.29) is 11.8 Å². The lowest BCUT2D eigenvalue weighted by molar-refractivity contribution is -0.116. The molecule has 0 spiro atoms. The predicted octanol–water partition coefficient (Wildman–Crippen LogP) is 5.44. The average Bonchev–Trinajstić information content (AvgIpc) is 3.35. The topological polar surface area (TPSA) is 69.0 Å². The Labute approximate surface area is 184 Å². The zero-order chi connectivity index (χ0) is 21.4. The largest absolute Gasteiger partial charge is 0.494 e. The Morgan fingerprint density at radius 2 is 2.00 bits per heavy atom. The van der Waals surface area contributed by atoms with Gasteiger partial charge in [-0.25, -0.2) is 4.98 Å². The lowest BCUT2D eigenvalue weighted by Crippen LogP contribution is -2.24. The van der Waals surface area contributed by atoms with E-state index in [0.29, 0.717) is 6.42 Å². The van der Waals surface area contributed by atoms with Gasteiger partial charge in [0.25, 0.3) is 0 Å². The summed E-state index contributed by atoms with van der Waals surface area (Å²) in [6.45, 7) is 4.87. The van der Waals surface area contributed by atoms with Crippen LogP contribution in [-0.2, 0) is 4.79 Å². The molecule has 31 heavy (non-hydrogen) atoms. The average molecular weight is 433 g/mol. The van der Waals surface area contributed by atoms with E-state index in [4.69, 9.17) is 14.8 Å². The van der Waals surface area contributed by atoms with Crippen LogP contribution in [0.25, 0.3) is 15.3 Å². The molecule has 2 aromatic carbocycles. The van der Waals surface area contributed by atoms with Crippen LogP contribution in [0, 0.1) is 6.92 Å². The van der Waals surface area contributed by atoms with Gasteiger partial charge < -0.3 is 10.1 Å². The van der Waals surface area contributed by atoms with Gasteiger partial charge in [-0.1, -0.05) is 48.9 Å². The third-order valence-corrected chi connectivity index (χ3v) is 6.63. The maximum Gasteiger partial charge on any atom is 0.226 e. The van der Waals surface area contributed by atoms with Crippen LogP contribution in [0.3, 0.4) is 0 Å². The number of nitrogens with one attached hydrogen (secondary N) is 1. The number of anilines is 1. The number of aryl methyl sites for hydroxylation is 1. The highest BCUT2D eigenvalue weighted by Crippen LogP contribution is 2.41. The van der Waals surface area contributed by atoms with Crippen LogP contribution in [0.1, 0.15) is 48.9 Å². The smallest absolute Gasteiger partial charge is 0.226 e. The monoisotopic (exact) mass is 432 g/mol. The van der Waals surface area contributed by atoms with Crippen molar-refractivity contribution in [1.29, 1.82) is 0 Å². The maximum atomic E-state index is 12.6. The number of amides is 1. The van der Waals surface area contributed by atoms with Gasteiger partial charge >= 0.3 is 0 Å². The van der Waals surface area contributed by atoms with E-state index >= 15 is 0 Å². The minimum Gasteiger partial charge on any atom is -0.494 e. The van der Waals surface area contributed by atoms with Gasteiger partial charge in [-0.2, -0.15) is 9.78 Å². The first kappa shape index (κ1) is 19.8. The number of thiazole rings is 1. The van der Waals surface area contributed by atoms with Crippen LogP contribution >= 0.6 is 11.3 Å². The number of unbranched alkanes of at least 4 members (excludes halogenated alkanes) is 1. The Kier molecular flexibility index (Phi) is 5.19. The van der Waals surface area contributed by atoms with E-state index in [0.717, 1.165) is 63.2 Å². The first-order valence-electron chi connectivity index (χ1n) is 10.6. The number of ether oxygens (including phenoxy) is 1. The fraction of sp³-hybridized carbons (Fsp3) is 0.292. The van der Waals surface area contributed by atoms with Gasteiger partial charge in [-0.3, -0.25) is 4.79 Å². The van der Waals surface area contributed by atoms with Crippen LogP contribution in [0.5, 0.6) is 5.75 Å². The van der Waals surface area contributed by atoms with Crippen molar-refractivity contribution in [3.8, 4) is 10.9 Å². The Bertz CT molecular complexity index is 1210. The number of hydrogen-bond acceptors (Lipinski definition) is 5. The predicted molar refractivity (Wildman–Crippen MR) is 123 cm³/mol. The van der Waals surface area contributed by atoms with Crippen molar-refractivity contribution in [2.45, 2.75) is 39.0 Å². The van der Waals surface area contributed by atoms with Crippen molar-refractivity contribution in [2.24, 2.45) is 0 Å². The SMILES string of the molecule is CCCCOc1ccc(C2CC(=O)Nc3c2c(C)nn3-c2nc3ccccc3s2)cc1. The molecule has 1 amide bonds. The number of benzene rings is 2. The third kappa shape index (κ3) is 3.70. The normalized spacial score (nSPS) is 15.7. The van der Waals surface area contributed by atoms with E-state index in [1.54, 1.807) is 16.0 Å². The fourth-order valence-corrected chi connectivity index (χ4v) is 4.98. The molecule has 0 radical (unpaired) electrons. The van der Waals surface area contributed by atoms with Crippen molar-refractivity contribution in [2.75, 3.05) is 11.9 Å². The standard InChI is InChI=1S/C24H24N4O2S/c1-3-4-13-30-17-11-9-16(10-12-17)18-14-21(29)26-23-22(18)15(2)27-28(23)24-25-19-7-5-6-8-20(19)31-24/h5-12,18H,3-4,13-14H2,1-2H3,(H,26,29). The number of fused-ring (bicyclic) bond motifs is 2. The second kappa shape index (κ2) is 8.15. The molecule has 0 fully saturated rings. The second-order valence-corrected chi connectivity index (χ2v) is 8.81. The summed E-state index contributed by atoms with van der Waals surface area (Å²) >= 11 is 1.57. The minimum absolute atomic E-state index is 0.0111. The van der Waals surface area contributed by atoms with Crippen LogP contribution in [0.2, 0.25) is 0 Å². The summed E-state index contributed by atoms with van der Waals surface area (Å²) in [6.07, 6.45) is 2.55. The Morgan fingerprint density at radius 1 is 1.19 bits per heavy atom. The van der Waals surface area contributed by atoms with Crippen LogP contribution in [-0.4, -0.2) is 27.3 Å². The van der Waals surface area contributed by atoms with Gasteiger partial charge in [0.2, 0.25) is 11.0 Å². The molecule has 6 nitrogen and oxygen atoms in total. The fourth-order valence-electron chi connectivity index (χ4n) is 4.05. The number of hydrogen-bond donors (Lipinski definition) is 1. The van der Waals surface area contributed by atoms with E-state index in [1.807, 2.05) is 43.3 Å². The van der Waals surface area contributed by atoms with Gasteiger partial charge in [0, 0.05) is 17.9 Å². The summed E-state index contributed by atoms with van der Waals surface area (Å²) < 4.78 is 8.66. The first-order chi connectivity index (χ1) is 15.1. The van der Waals surface area contributed by atoms with Crippen molar-refractivity contribution in [3.63, 3.8) is 0 Å². The van der Waals surface area contributed by atoms with Gasteiger partial charge in [0.1, 0.15) is 11.6 Å². The summed E-state index contributed by atoms with van der Waals surface area (Å²) in [7, 11) is 0. The summed E-state index contributed by atoms with van der Waals surface area (Å²) in [5.41, 5.74) is 3.98. The second-order valence-electron chi connectivity index (χ2n) is 7.80. The molecule has 1 N–H and O–H groups in total. The van der Waals surface area contributed by atoms with E-state index in [1.165, 1.54) is 0 Å². The maximum absolute atomic E-state index is 12.6. The minimum atomic E-state index is -0.0448. The zero-order valence-electron chi connectivity index (χ0n) is 17.6. The summed E-state index contributed by atoms with van der Waals surface area (Å²) in [5.74, 6) is 1.53.